The number of aliphatic hydroxyl groups excluding tert-OH is 1. The van der Waals surface area contributed by atoms with Crippen molar-refractivity contribution in [1.82, 2.24) is 0 Å². The van der Waals surface area contributed by atoms with Crippen molar-refractivity contribution >= 4 is 5.97 Å². The predicted octanol–water partition coefficient (Wildman–Crippen LogP) is 1.42. The van der Waals surface area contributed by atoms with E-state index in [2.05, 4.69) is 0 Å². The fourth-order valence-electron chi connectivity index (χ4n) is 1.53. The number of aliphatic carboxylic acids is 1. The van der Waals surface area contributed by atoms with Crippen LogP contribution in [0.2, 0.25) is 0 Å². The van der Waals surface area contributed by atoms with Crippen LogP contribution in [-0.4, -0.2) is 28.2 Å². The zero-order valence-corrected chi connectivity index (χ0v) is 7.49. The van der Waals surface area contributed by atoms with Crippen molar-refractivity contribution in [3.8, 4) is 0 Å². The van der Waals surface area contributed by atoms with Crippen LogP contribution in [0.5, 0.6) is 0 Å². The molecule has 0 spiro atoms. The van der Waals surface area contributed by atoms with Gasteiger partial charge in [0, 0.05) is 0 Å². The highest BCUT2D eigenvalue weighted by atomic mass is 19.3. The van der Waals surface area contributed by atoms with E-state index in [1.165, 1.54) is 0 Å². The molecule has 1 rings (SSSR count). The standard InChI is InChI=1S/C9H12F2O3/c10-9(11,8(13)14)7(12)6-4-2-1-3-5-6/h1-2,6-7,12H,3-5H2,(H,13,14). The van der Waals surface area contributed by atoms with Crippen molar-refractivity contribution in [3.63, 3.8) is 0 Å². The second-order valence-electron chi connectivity index (χ2n) is 3.42. The van der Waals surface area contributed by atoms with Gasteiger partial charge in [0.1, 0.15) is 6.10 Å². The summed E-state index contributed by atoms with van der Waals surface area (Å²) in [5.41, 5.74) is 0. The molecule has 0 saturated carbocycles. The van der Waals surface area contributed by atoms with Crippen LogP contribution in [-0.2, 0) is 4.79 Å². The molecule has 2 atom stereocenters. The minimum Gasteiger partial charge on any atom is -0.477 e. The lowest BCUT2D eigenvalue weighted by molar-refractivity contribution is -0.188. The molecule has 1 aliphatic rings. The van der Waals surface area contributed by atoms with Gasteiger partial charge in [-0.25, -0.2) is 4.79 Å². The van der Waals surface area contributed by atoms with Crippen molar-refractivity contribution in [2.24, 2.45) is 5.92 Å². The van der Waals surface area contributed by atoms with Gasteiger partial charge in [0.15, 0.2) is 0 Å². The Morgan fingerprint density at radius 3 is 2.57 bits per heavy atom. The van der Waals surface area contributed by atoms with Crippen LogP contribution in [0.1, 0.15) is 19.3 Å². The molecule has 0 fully saturated rings. The fraction of sp³-hybridized carbons (Fsp3) is 0.667. The summed E-state index contributed by atoms with van der Waals surface area (Å²) < 4.78 is 25.7. The van der Waals surface area contributed by atoms with E-state index in [0.29, 0.717) is 19.3 Å². The first-order valence-electron chi connectivity index (χ1n) is 4.40. The summed E-state index contributed by atoms with van der Waals surface area (Å²) >= 11 is 0. The largest absolute Gasteiger partial charge is 0.477 e. The first kappa shape index (κ1) is 11.1. The summed E-state index contributed by atoms with van der Waals surface area (Å²) in [6.07, 6.45) is 2.75. The molecule has 0 saturated heterocycles. The first-order chi connectivity index (χ1) is 6.46. The molecule has 0 aliphatic heterocycles. The van der Waals surface area contributed by atoms with Gasteiger partial charge >= 0.3 is 11.9 Å². The quantitative estimate of drug-likeness (QED) is 0.686. The third-order valence-corrected chi connectivity index (χ3v) is 2.41. The van der Waals surface area contributed by atoms with E-state index in [-0.39, 0.29) is 0 Å². The number of alkyl halides is 2. The lowest BCUT2D eigenvalue weighted by Gasteiger charge is -2.27. The van der Waals surface area contributed by atoms with Gasteiger partial charge < -0.3 is 10.2 Å². The number of halogens is 2. The minimum absolute atomic E-state index is 0.310. The number of allylic oxidation sites excluding steroid dienone is 2. The van der Waals surface area contributed by atoms with E-state index in [1.54, 1.807) is 6.08 Å². The zero-order valence-electron chi connectivity index (χ0n) is 7.49. The van der Waals surface area contributed by atoms with E-state index in [0.717, 1.165) is 0 Å². The number of hydrogen-bond donors (Lipinski definition) is 2. The highest BCUT2D eigenvalue weighted by Crippen LogP contribution is 2.31. The third kappa shape index (κ3) is 2.09. The Labute approximate surface area is 80.0 Å². The van der Waals surface area contributed by atoms with Crippen LogP contribution in [0.4, 0.5) is 8.78 Å². The summed E-state index contributed by atoms with van der Waals surface area (Å²) in [4.78, 5) is 10.2. The van der Waals surface area contributed by atoms with Crippen molar-refractivity contribution in [1.29, 1.82) is 0 Å². The molecule has 0 radical (unpaired) electrons. The van der Waals surface area contributed by atoms with Crippen molar-refractivity contribution in [3.05, 3.63) is 12.2 Å². The number of carboxylic acid groups (broad SMARTS) is 1. The van der Waals surface area contributed by atoms with Crippen molar-refractivity contribution < 1.29 is 23.8 Å². The van der Waals surface area contributed by atoms with Gasteiger partial charge in [-0.3, -0.25) is 0 Å². The van der Waals surface area contributed by atoms with E-state index < -0.39 is 23.9 Å². The molecule has 0 aromatic rings. The Morgan fingerprint density at radius 1 is 1.50 bits per heavy atom. The Kier molecular flexibility index (Phi) is 3.21. The molecular weight excluding hydrogens is 194 g/mol. The molecule has 0 heterocycles. The molecule has 80 valence electrons. The molecule has 2 N–H and O–H groups in total. The maximum atomic E-state index is 12.9. The molecular formula is C9H12F2O3. The Morgan fingerprint density at radius 2 is 2.14 bits per heavy atom. The lowest BCUT2D eigenvalue weighted by Crippen LogP contribution is -2.45. The molecule has 0 bridgehead atoms. The predicted molar refractivity (Wildman–Crippen MR) is 45.1 cm³/mol. The van der Waals surface area contributed by atoms with E-state index in [4.69, 9.17) is 5.11 Å². The van der Waals surface area contributed by atoms with Crippen molar-refractivity contribution in [2.75, 3.05) is 0 Å². The normalized spacial score (nSPS) is 24.6. The maximum absolute atomic E-state index is 12.9. The first-order valence-corrected chi connectivity index (χ1v) is 4.40. The number of rotatable bonds is 3. The molecule has 0 aromatic carbocycles. The summed E-state index contributed by atoms with van der Waals surface area (Å²) in [7, 11) is 0. The molecule has 0 amide bonds. The summed E-state index contributed by atoms with van der Waals surface area (Å²) in [6.45, 7) is 0. The molecule has 14 heavy (non-hydrogen) atoms. The summed E-state index contributed by atoms with van der Waals surface area (Å²) in [5, 5.41) is 17.4. The molecule has 0 aromatic heterocycles. The second kappa shape index (κ2) is 4.04. The van der Waals surface area contributed by atoms with Crippen LogP contribution >= 0.6 is 0 Å². The van der Waals surface area contributed by atoms with E-state index in [1.807, 2.05) is 6.08 Å². The topological polar surface area (TPSA) is 57.5 Å². The highest BCUT2D eigenvalue weighted by Gasteiger charge is 2.49. The highest BCUT2D eigenvalue weighted by molar-refractivity contribution is 5.76. The lowest BCUT2D eigenvalue weighted by atomic mass is 9.86. The number of carbonyl (C=O) groups is 1. The number of carboxylic acids is 1. The SMILES string of the molecule is O=C(O)C(F)(F)C(O)C1CC=CCC1. The molecule has 3 nitrogen and oxygen atoms in total. The van der Waals surface area contributed by atoms with Crippen LogP contribution < -0.4 is 0 Å². The van der Waals surface area contributed by atoms with Crippen LogP contribution in [0.25, 0.3) is 0 Å². The van der Waals surface area contributed by atoms with E-state index >= 15 is 0 Å². The molecule has 2 unspecified atom stereocenters. The average Bonchev–Trinajstić information content (AvgIpc) is 2.17. The second-order valence-corrected chi connectivity index (χ2v) is 3.42. The smallest absolute Gasteiger partial charge is 0.377 e. The summed E-state index contributed by atoms with van der Waals surface area (Å²) in [5.74, 6) is -6.97. The van der Waals surface area contributed by atoms with Gasteiger partial charge in [-0.2, -0.15) is 8.78 Å². The zero-order chi connectivity index (χ0) is 10.8. The Balaban J connectivity index is 2.68. The average molecular weight is 206 g/mol. The van der Waals surface area contributed by atoms with Crippen molar-refractivity contribution in [2.45, 2.75) is 31.3 Å². The Bertz CT molecular complexity index is 250. The van der Waals surface area contributed by atoms with Gasteiger partial charge in [0.25, 0.3) is 0 Å². The Hall–Kier alpha value is -0.970. The number of hydrogen-bond acceptors (Lipinski definition) is 2. The monoisotopic (exact) mass is 206 g/mol. The fourth-order valence-corrected chi connectivity index (χ4v) is 1.53. The molecule has 5 heteroatoms. The molecule has 1 aliphatic carbocycles. The van der Waals surface area contributed by atoms with Crippen LogP contribution in [0, 0.1) is 5.92 Å². The third-order valence-electron chi connectivity index (χ3n) is 2.41. The van der Waals surface area contributed by atoms with E-state index in [9.17, 15) is 18.7 Å². The number of aliphatic hydroxyl groups is 1. The summed E-state index contributed by atoms with van der Waals surface area (Å²) in [6, 6.07) is 0. The van der Waals surface area contributed by atoms with Gasteiger partial charge in [0.2, 0.25) is 0 Å². The van der Waals surface area contributed by atoms with Gasteiger partial charge in [-0.15, -0.1) is 0 Å². The maximum Gasteiger partial charge on any atom is 0.377 e. The van der Waals surface area contributed by atoms with Gasteiger partial charge in [0.05, 0.1) is 0 Å². The van der Waals surface area contributed by atoms with Gasteiger partial charge in [-0.1, -0.05) is 12.2 Å². The van der Waals surface area contributed by atoms with Crippen LogP contribution in [0.15, 0.2) is 12.2 Å². The minimum atomic E-state index is -4.05. The van der Waals surface area contributed by atoms with Crippen LogP contribution in [0.3, 0.4) is 0 Å². The van der Waals surface area contributed by atoms with Gasteiger partial charge in [-0.05, 0) is 25.2 Å².